The minimum Gasteiger partial charge on any atom is -0.273 e. The van der Waals surface area contributed by atoms with Gasteiger partial charge in [0.25, 0.3) is 0 Å². The molecule has 0 unspecified atom stereocenters. The number of nitrogens with one attached hydrogen (secondary N) is 1. The first kappa shape index (κ1) is 19.4. The molecule has 1 amide bonds. The lowest BCUT2D eigenvalue weighted by molar-refractivity contribution is -0.122. The normalized spacial score (nSPS) is 23.9. The van der Waals surface area contributed by atoms with E-state index in [1.54, 1.807) is 0 Å². The third-order valence-electron chi connectivity index (χ3n) is 6.46. The van der Waals surface area contributed by atoms with Crippen LogP contribution in [0.5, 0.6) is 0 Å². The van der Waals surface area contributed by atoms with Gasteiger partial charge in [0.1, 0.15) is 0 Å². The highest BCUT2D eigenvalue weighted by Crippen LogP contribution is 2.58. The van der Waals surface area contributed by atoms with Crippen LogP contribution in [0.15, 0.2) is 89.6 Å². The lowest BCUT2D eigenvalue weighted by atomic mass is 9.85. The lowest BCUT2D eigenvalue weighted by Crippen LogP contribution is -2.27. The van der Waals surface area contributed by atoms with Crippen molar-refractivity contribution in [1.82, 2.24) is 5.43 Å². The summed E-state index contributed by atoms with van der Waals surface area (Å²) in [7, 11) is 0. The van der Waals surface area contributed by atoms with Gasteiger partial charge in [-0.1, -0.05) is 78.9 Å². The lowest BCUT2D eigenvalue weighted by Gasteiger charge is -2.22. The van der Waals surface area contributed by atoms with Gasteiger partial charge in [0, 0.05) is 5.41 Å². The molecule has 0 aromatic heterocycles. The standard InChI is InChI=1S/C26H28N2O/c1-18(2)20-15-14-19(3)24(16-20)27-28-25(29)23-17-26(23,21-10-6-4-7-11-21)22-12-8-5-9-13-22/h4-14,20,23H,1,15-17H2,2-3H3,(H,28,29)/b27-24-/t20-,23-/m1/s1. The van der Waals surface area contributed by atoms with E-state index < -0.39 is 0 Å². The summed E-state index contributed by atoms with van der Waals surface area (Å²) >= 11 is 0. The van der Waals surface area contributed by atoms with Crippen LogP contribution >= 0.6 is 0 Å². The summed E-state index contributed by atoms with van der Waals surface area (Å²) in [6.45, 7) is 8.21. The zero-order valence-corrected chi connectivity index (χ0v) is 17.2. The monoisotopic (exact) mass is 384 g/mol. The number of carbonyl (C=O) groups excluding carboxylic acids is 1. The molecular formula is C26H28N2O. The predicted molar refractivity (Wildman–Crippen MR) is 119 cm³/mol. The SMILES string of the molecule is C=C(C)[C@@H]1CC=C(C)/C(=N\NC(=O)[C@H]2CC2(c2ccccc2)c2ccccc2)C1. The molecule has 1 saturated carbocycles. The van der Waals surface area contributed by atoms with E-state index in [0.717, 1.165) is 30.5 Å². The maximum atomic E-state index is 13.1. The Morgan fingerprint density at radius 1 is 1.07 bits per heavy atom. The van der Waals surface area contributed by atoms with Crippen molar-refractivity contribution >= 4 is 11.6 Å². The van der Waals surface area contributed by atoms with Crippen molar-refractivity contribution < 1.29 is 4.79 Å². The van der Waals surface area contributed by atoms with Crippen molar-refractivity contribution in [2.75, 3.05) is 0 Å². The maximum absolute atomic E-state index is 13.1. The van der Waals surface area contributed by atoms with Crippen LogP contribution in [0.3, 0.4) is 0 Å². The van der Waals surface area contributed by atoms with Crippen LogP contribution in [0.25, 0.3) is 0 Å². The van der Waals surface area contributed by atoms with E-state index in [1.165, 1.54) is 16.7 Å². The number of allylic oxidation sites excluding steroid dienone is 3. The number of hydrogen-bond acceptors (Lipinski definition) is 2. The predicted octanol–water partition coefficient (Wildman–Crippen LogP) is 5.40. The quantitative estimate of drug-likeness (QED) is 0.544. The number of nitrogens with zero attached hydrogens (tertiary/aromatic N) is 1. The van der Waals surface area contributed by atoms with Gasteiger partial charge in [-0.15, -0.1) is 0 Å². The van der Waals surface area contributed by atoms with Gasteiger partial charge in [-0.3, -0.25) is 4.79 Å². The Bertz CT molecular complexity index is 933. The third kappa shape index (κ3) is 3.69. The molecule has 2 atom stereocenters. The van der Waals surface area contributed by atoms with E-state index >= 15 is 0 Å². The summed E-state index contributed by atoms with van der Waals surface area (Å²) in [4.78, 5) is 13.1. The highest BCUT2D eigenvalue weighted by Gasteiger charge is 2.60. The fraction of sp³-hybridized carbons (Fsp3) is 0.308. The molecule has 2 aromatic carbocycles. The molecule has 1 N–H and O–H groups in total. The second-order valence-electron chi connectivity index (χ2n) is 8.36. The molecule has 2 aromatic rings. The Morgan fingerprint density at radius 3 is 2.21 bits per heavy atom. The van der Waals surface area contributed by atoms with Crippen LogP contribution in [-0.4, -0.2) is 11.6 Å². The number of amides is 1. The second-order valence-corrected chi connectivity index (χ2v) is 8.36. The molecule has 0 radical (unpaired) electrons. The number of carbonyl (C=O) groups is 1. The van der Waals surface area contributed by atoms with E-state index in [9.17, 15) is 4.79 Å². The van der Waals surface area contributed by atoms with Crippen molar-refractivity contribution in [2.24, 2.45) is 16.9 Å². The van der Waals surface area contributed by atoms with Gasteiger partial charge in [0.2, 0.25) is 5.91 Å². The Morgan fingerprint density at radius 2 is 1.66 bits per heavy atom. The molecular weight excluding hydrogens is 356 g/mol. The van der Waals surface area contributed by atoms with Gasteiger partial charge in [-0.05, 0) is 55.7 Å². The highest BCUT2D eigenvalue weighted by atomic mass is 16.2. The molecule has 3 nitrogen and oxygen atoms in total. The average molecular weight is 385 g/mol. The van der Waals surface area contributed by atoms with Crippen LogP contribution in [-0.2, 0) is 10.2 Å². The van der Waals surface area contributed by atoms with Crippen LogP contribution in [0.4, 0.5) is 0 Å². The summed E-state index contributed by atoms with van der Waals surface area (Å²) in [6, 6.07) is 20.7. The molecule has 29 heavy (non-hydrogen) atoms. The summed E-state index contributed by atoms with van der Waals surface area (Å²) in [5, 5.41) is 4.52. The Balaban J connectivity index is 1.56. The van der Waals surface area contributed by atoms with Gasteiger partial charge < -0.3 is 0 Å². The third-order valence-corrected chi connectivity index (χ3v) is 6.46. The van der Waals surface area contributed by atoms with Crippen molar-refractivity contribution in [3.05, 3.63) is 95.6 Å². The Hall–Kier alpha value is -2.94. The molecule has 0 bridgehead atoms. The highest BCUT2D eigenvalue weighted by molar-refractivity contribution is 6.01. The topological polar surface area (TPSA) is 41.5 Å². The fourth-order valence-corrected chi connectivity index (χ4v) is 4.48. The van der Waals surface area contributed by atoms with Gasteiger partial charge in [-0.2, -0.15) is 5.10 Å². The van der Waals surface area contributed by atoms with Gasteiger partial charge in [-0.25, -0.2) is 5.43 Å². The first-order valence-corrected chi connectivity index (χ1v) is 10.3. The largest absolute Gasteiger partial charge is 0.273 e. The van der Waals surface area contributed by atoms with Crippen LogP contribution in [0, 0.1) is 11.8 Å². The minimum absolute atomic E-state index is 0.00421. The van der Waals surface area contributed by atoms with E-state index in [1.807, 2.05) is 36.4 Å². The molecule has 2 aliphatic carbocycles. The number of rotatable bonds is 5. The number of benzene rings is 2. The van der Waals surface area contributed by atoms with Crippen molar-refractivity contribution in [3.8, 4) is 0 Å². The smallest absolute Gasteiger partial charge is 0.244 e. The van der Waals surface area contributed by atoms with Gasteiger partial charge in [0.15, 0.2) is 0 Å². The van der Waals surface area contributed by atoms with Crippen molar-refractivity contribution in [2.45, 2.75) is 38.5 Å². The summed E-state index contributed by atoms with van der Waals surface area (Å²) in [5.74, 6) is 0.292. The zero-order valence-electron chi connectivity index (χ0n) is 17.2. The van der Waals surface area contributed by atoms with Gasteiger partial charge >= 0.3 is 0 Å². The zero-order chi connectivity index (χ0) is 20.4. The number of hydrogen-bond donors (Lipinski definition) is 1. The Kier molecular flexibility index (Phi) is 5.23. The minimum atomic E-state index is -0.259. The first-order chi connectivity index (χ1) is 14.0. The molecule has 0 saturated heterocycles. The van der Waals surface area contributed by atoms with Gasteiger partial charge in [0.05, 0.1) is 11.6 Å². The van der Waals surface area contributed by atoms with E-state index in [4.69, 9.17) is 0 Å². The maximum Gasteiger partial charge on any atom is 0.244 e. The first-order valence-electron chi connectivity index (χ1n) is 10.3. The molecule has 148 valence electrons. The van der Waals surface area contributed by atoms with Crippen molar-refractivity contribution in [1.29, 1.82) is 0 Å². The molecule has 4 rings (SSSR count). The van der Waals surface area contributed by atoms with Crippen LogP contribution in [0.2, 0.25) is 0 Å². The molecule has 1 fully saturated rings. The summed E-state index contributed by atoms with van der Waals surface area (Å²) in [6.07, 6.45) is 4.84. The molecule has 0 heterocycles. The van der Waals surface area contributed by atoms with Crippen LogP contribution < -0.4 is 5.43 Å². The second kappa shape index (κ2) is 7.82. The summed E-state index contributed by atoms with van der Waals surface area (Å²) in [5.41, 5.74) is 8.28. The molecule has 0 spiro atoms. The number of hydrazone groups is 1. The summed E-state index contributed by atoms with van der Waals surface area (Å²) < 4.78 is 0. The fourth-order valence-electron chi connectivity index (χ4n) is 4.48. The van der Waals surface area contributed by atoms with Crippen LogP contribution in [0.1, 0.15) is 44.2 Å². The average Bonchev–Trinajstić information content (AvgIpc) is 3.51. The molecule has 0 aliphatic heterocycles. The van der Waals surface area contributed by atoms with E-state index in [2.05, 4.69) is 61.3 Å². The Labute approximate surface area is 173 Å². The molecule has 3 heteroatoms. The molecule has 2 aliphatic rings. The van der Waals surface area contributed by atoms with E-state index in [-0.39, 0.29) is 17.2 Å². The van der Waals surface area contributed by atoms with Crippen molar-refractivity contribution in [3.63, 3.8) is 0 Å². The van der Waals surface area contributed by atoms with E-state index in [0.29, 0.717) is 5.92 Å².